The summed E-state index contributed by atoms with van der Waals surface area (Å²) in [4.78, 5) is 21.4. The van der Waals surface area contributed by atoms with Crippen molar-refractivity contribution >= 4 is 23.2 Å². The van der Waals surface area contributed by atoms with Gasteiger partial charge in [-0.3, -0.25) is 4.79 Å². The predicted octanol–water partition coefficient (Wildman–Crippen LogP) is 2.38. The minimum atomic E-state index is 0.0363. The van der Waals surface area contributed by atoms with Crippen molar-refractivity contribution in [2.75, 3.05) is 49.2 Å². The molecule has 7 heteroatoms. The highest BCUT2D eigenvalue weighted by molar-refractivity contribution is 5.97. The summed E-state index contributed by atoms with van der Waals surface area (Å²) in [5, 5.41) is 6.73. The molecule has 1 atom stereocenters. The van der Waals surface area contributed by atoms with Crippen LogP contribution in [0.1, 0.15) is 18.9 Å². The van der Waals surface area contributed by atoms with Gasteiger partial charge < -0.3 is 25.2 Å². The van der Waals surface area contributed by atoms with E-state index in [1.54, 1.807) is 0 Å². The first kappa shape index (κ1) is 21.2. The van der Waals surface area contributed by atoms with Crippen LogP contribution < -0.4 is 20.4 Å². The standard InChI is InChI=1S/C24H31N5O2/c1-2-25-24(27-20-16-23(30)29(18-20)22-6-4-3-5-7-22)26-17-19-8-10-21(11-9-19)28-12-14-31-15-13-28/h3-11,20H,2,12-18H2,1H3,(H2,25,26,27). The Kier molecular flexibility index (Phi) is 7.04. The molecule has 0 radical (unpaired) electrons. The number of benzene rings is 2. The van der Waals surface area contributed by atoms with E-state index in [4.69, 9.17) is 9.73 Å². The molecule has 0 spiro atoms. The van der Waals surface area contributed by atoms with Gasteiger partial charge in [0.2, 0.25) is 5.91 Å². The van der Waals surface area contributed by atoms with Crippen molar-refractivity contribution in [1.29, 1.82) is 0 Å². The van der Waals surface area contributed by atoms with E-state index in [0.29, 0.717) is 19.5 Å². The zero-order valence-corrected chi connectivity index (χ0v) is 18.1. The molecule has 1 amide bonds. The van der Waals surface area contributed by atoms with E-state index in [1.807, 2.05) is 42.2 Å². The second kappa shape index (κ2) is 10.3. The Morgan fingerprint density at radius 2 is 1.81 bits per heavy atom. The molecule has 4 rings (SSSR count). The highest BCUT2D eigenvalue weighted by atomic mass is 16.5. The number of amides is 1. The molecule has 31 heavy (non-hydrogen) atoms. The highest BCUT2D eigenvalue weighted by Crippen LogP contribution is 2.21. The predicted molar refractivity (Wildman–Crippen MR) is 125 cm³/mol. The van der Waals surface area contributed by atoms with Crippen molar-refractivity contribution in [2.45, 2.75) is 25.9 Å². The van der Waals surface area contributed by atoms with Gasteiger partial charge in [-0.1, -0.05) is 30.3 Å². The SMILES string of the molecule is CCNC(=NCc1ccc(N2CCOCC2)cc1)NC1CC(=O)N(c2ccccc2)C1. The molecule has 2 heterocycles. The first-order chi connectivity index (χ1) is 15.2. The zero-order valence-electron chi connectivity index (χ0n) is 18.1. The number of aliphatic imine (C=N–C) groups is 1. The number of carbonyl (C=O) groups excluding carboxylic acids is 1. The molecule has 2 aromatic rings. The second-order valence-electron chi connectivity index (χ2n) is 7.85. The van der Waals surface area contributed by atoms with Gasteiger partial charge in [0.05, 0.1) is 25.8 Å². The lowest BCUT2D eigenvalue weighted by Gasteiger charge is -2.28. The van der Waals surface area contributed by atoms with Crippen LogP contribution in [0.15, 0.2) is 59.6 Å². The van der Waals surface area contributed by atoms with E-state index < -0.39 is 0 Å². The van der Waals surface area contributed by atoms with Gasteiger partial charge in [-0.15, -0.1) is 0 Å². The maximum Gasteiger partial charge on any atom is 0.229 e. The van der Waals surface area contributed by atoms with Gasteiger partial charge in [0, 0.05) is 44.0 Å². The number of hydrogen-bond acceptors (Lipinski definition) is 4. The number of guanidine groups is 1. The summed E-state index contributed by atoms with van der Waals surface area (Å²) in [7, 11) is 0. The Morgan fingerprint density at radius 3 is 2.52 bits per heavy atom. The fourth-order valence-electron chi connectivity index (χ4n) is 3.98. The molecule has 2 aromatic carbocycles. The summed E-state index contributed by atoms with van der Waals surface area (Å²) < 4.78 is 5.43. The number of anilines is 2. The average Bonchev–Trinajstić information content (AvgIpc) is 3.19. The van der Waals surface area contributed by atoms with Crippen LogP contribution in [0, 0.1) is 0 Å². The van der Waals surface area contributed by atoms with Gasteiger partial charge in [0.15, 0.2) is 5.96 Å². The van der Waals surface area contributed by atoms with Crippen LogP contribution in [-0.2, 0) is 16.1 Å². The Labute approximate surface area is 184 Å². The Bertz CT molecular complexity index is 879. The number of hydrogen-bond donors (Lipinski definition) is 2. The Morgan fingerprint density at radius 1 is 1.06 bits per heavy atom. The van der Waals surface area contributed by atoms with E-state index in [0.717, 1.165) is 50.1 Å². The summed E-state index contributed by atoms with van der Waals surface area (Å²) in [6, 6.07) is 18.4. The summed E-state index contributed by atoms with van der Waals surface area (Å²) in [6.07, 6.45) is 0.466. The first-order valence-corrected chi connectivity index (χ1v) is 11.0. The first-order valence-electron chi connectivity index (χ1n) is 11.0. The number of nitrogens with zero attached hydrogens (tertiary/aromatic N) is 3. The van der Waals surface area contributed by atoms with E-state index in [-0.39, 0.29) is 11.9 Å². The van der Waals surface area contributed by atoms with Crippen LogP contribution in [0.25, 0.3) is 0 Å². The van der Waals surface area contributed by atoms with Crippen molar-refractivity contribution in [3.05, 3.63) is 60.2 Å². The largest absolute Gasteiger partial charge is 0.378 e. The van der Waals surface area contributed by atoms with Crippen LogP contribution in [0.5, 0.6) is 0 Å². The Hall–Kier alpha value is -3.06. The summed E-state index contributed by atoms with van der Waals surface area (Å²) >= 11 is 0. The lowest BCUT2D eigenvalue weighted by Crippen LogP contribution is -2.44. The van der Waals surface area contributed by atoms with Crippen LogP contribution in [-0.4, -0.2) is 57.3 Å². The lowest BCUT2D eigenvalue weighted by molar-refractivity contribution is -0.117. The van der Waals surface area contributed by atoms with E-state index in [1.165, 1.54) is 5.69 Å². The minimum absolute atomic E-state index is 0.0363. The summed E-state index contributed by atoms with van der Waals surface area (Å²) in [5.74, 6) is 0.880. The normalized spacial score (nSPS) is 19.6. The van der Waals surface area contributed by atoms with Gasteiger partial charge in [-0.05, 0) is 36.8 Å². The van der Waals surface area contributed by atoms with Crippen molar-refractivity contribution in [2.24, 2.45) is 4.99 Å². The van der Waals surface area contributed by atoms with E-state index in [9.17, 15) is 4.79 Å². The monoisotopic (exact) mass is 421 g/mol. The number of rotatable bonds is 6. The molecule has 0 bridgehead atoms. The number of nitrogens with one attached hydrogen (secondary N) is 2. The number of carbonyl (C=O) groups is 1. The number of para-hydroxylation sites is 1. The van der Waals surface area contributed by atoms with Crippen LogP contribution >= 0.6 is 0 Å². The molecular formula is C24H31N5O2. The maximum absolute atomic E-state index is 12.5. The molecule has 2 aliphatic rings. The minimum Gasteiger partial charge on any atom is -0.378 e. The maximum atomic E-state index is 12.5. The summed E-state index contributed by atoms with van der Waals surface area (Å²) in [5.41, 5.74) is 3.33. The fourth-order valence-corrected chi connectivity index (χ4v) is 3.98. The van der Waals surface area contributed by atoms with Gasteiger partial charge in [0.1, 0.15) is 0 Å². The zero-order chi connectivity index (χ0) is 21.5. The van der Waals surface area contributed by atoms with Gasteiger partial charge in [-0.25, -0.2) is 4.99 Å². The van der Waals surface area contributed by atoms with Gasteiger partial charge in [0.25, 0.3) is 0 Å². The molecule has 1 unspecified atom stereocenters. The quantitative estimate of drug-likeness (QED) is 0.554. The average molecular weight is 422 g/mol. The second-order valence-corrected chi connectivity index (χ2v) is 7.85. The van der Waals surface area contributed by atoms with Crippen LogP contribution in [0.4, 0.5) is 11.4 Å². The molecule has 0 aromatic heterocycles. The molecular weight excluding hydrogens is 390 g/mol. The van der Waals surface area contributed by atoms with Crippen LogP contribution in [0.2, 0.25) is 0 Å². The van der Waals surface area contributed by atoms with Gasteiger partial charge >= 0.3 is 0 Å². The number of morpholine rings is 1. The molecule has 164 valence electrons. The molecule has 2 aliphatic heterocycles. The summed E-state index contributed by atoms with van der Waals surface area (Å²) in [6.45, 7) is 7.49. The molecule has 2 N–H and O–H groups in total. The topological polar surface area (TPSA) is 69.2 Å². The molecule has 7 nitrogen and oxygen atoms in total. The third-order valence-corrected chi connectivity index (χ3v) is 5.61. The third kappa shape index (κ3) is 5.55. The lowest BCUT2D eigenvalue weighted by atomic mass is 10.2. The smallest absolute Gasteiger partial charge is 0.229 e. The highest BCUT2D eigenvalue weighted by Gasteiger charge is 2.31. The number of ether oxygens (including phenoxy) is 1. The van der Waals surface area contributed by atoms with E-state index in [2.05, 4.69) is 39.8 Å². The van der Waals surface area contributed by atoms with Crippen molar-refractivity contribution in [3.63, 3.8) is 0 Å². The van der Waals surface area contributed by atoms with Crippen molar-refractivity contribution in [1.82, 2.24) is 10.6 Å². The third-order valence-electron chi connectivity index (χ3n) is 5.61. The molecule has 0 saturated carbocycles. The molecule has 0 aliphatic carbocycles. The Balaban J connectivity index is 1.35. The van der Waals surface area contributed by atoms with Crippen molar-refractivity contribution < 1.29 is 9.53 Å². The molecule has 2 fully saturated rings. The van der Waals surface area contributed by atoms with E-state index >= 15 is 0 Å². The van der Waals surface area contributed by atoms with Gasteiger partial charge in [-0.2, -0.15) is 0 Å². The van der Waals surface area contributed by atoms with Crippen molar-refractivity contribution in [3.8, 4) is 0 Å². The fraction of sp³-hybridized carbons (Fsp3) is 0.417. The molecule has 2 saturated heterocycles. The van der Waals surface area contributed by atoms with Crippen LogP contribution in [0.3, 0.4) is 0 Å².